The van der Waals surface area contributed by atoms with Crippen molar-refractivity contribution in [1.29, 1.82) is 0 Å². The fourth-order valence-corrected chi connectivity index (χ4v) is 5.23. The average Bonchev–Trinajstić information content (AvgIpc) is 2.78. The number of hydrogen-bond acceptors (Lipinski definition) is 4. The summed E-state index contributed by atoms with van der Waals surface area (Å²) in [5, 5.41) is 3.16. The molecule has 0 radical (unpaired) electrons. The van der Waals surface area contributed by atoms with Crippen LogP contribution in [-0.4, -0.2) is 39.4 Å². The van der Waals surface area contributed by atoms with Crippen LogP contribution in [0.25, 0.3) is 0 Å². The highest BCUT2D eigenvalue weighted by Crippen LogP contribution is 2.27. The quantitative estimate of drug-likeness (QED) is 0.922. The van der Waals surface area contributed by atoms with Gasteiger partial charge in [-0.3, -0.25) is 0 Å². The molecule has 1 aliphatic heterocycles. The van der Waals surface area contributed by atoms with Crippen molar-refractivity contribution in [2.24, 2.45) is 5.92 Å². The van der Waals surface area contributed by atoms with Crippen LogP contribution in [0.15, 0.2) is 16.3 Å². The number of hydrogen-bond donors (Lipinski definition) is 1. The van der Waals surface area contributed by atoms with Crippen molar-refractivity contribution in [2.75, 3.05) is 26.7 Å². The van der Waals surface area contributed by atoms with Crippen LogP contribution in [0.4, 0.5) is 0 Å². The van der Waals surface area contributed by atoms with E-state index in [4.69, 9.17) is 0 Å². The molecule has 0 amide bonds. The van der Waals surface area contributed by atoms with Gasteiger partial charge in [0.15, 0.2) is 0 Å². The van der Waals surface area contributed by atoms with Gasteiger partial charge in [-0.2, -0.15) is 4.31 Å². The first-order valence-corrected chi connectivity index (χ1v) is 8.51. The zero-order valence-corrected chi connectivity index (χ0v) is 13.7. The summed E-state index contributed by atoms with van der Waals surface area (Å²) in [5.74, 6) is 0.603. The molecule has 110 valence electrons. The fourth-order valence-electron chi connectivity index (χ4n) is 2.32. The number of nitrogens with one attached hydrogen (secondary N) is 1. The largest absolute Gasteiger partial charge is 0.319 e. The Morgan fingerprint density at radius 2 is 2.00 bits per heavy atom. The third kappa shape index (κ3) is 3.92. The van der Waals surface area contributed by atoms with Gasteiger partial charge in [-0.1, -0.05) is 0 Å². The lowest BCUT2D eigenvalue weighted by Crippen LogP contribution is -2.40. The third-order valence-corrected chi connectivity index (χ3v) is 6.74. The second-order valence-corrected chi connectivity index (χ2v) is 8.22. The maximum atomic E-state index is 12.4. The second-order valence-electron chi connectivity index (χ2n) is 4.77. The number of thiophene rings is 1. The third-order valence-electron chi connectivity index (χ3n) is 3.38. The van der Waals surface area contributed by atoms with Gasteiger partial charge >= 0.3 is 0 Å². The van der Waals surface area contributed by atoms with Gasteiger partial charge in [0, 0.05) is 18.0 Å². The summed E-state index contributed by atoms with van der Waals surface area (Å²) < 4.78 is 26.9. The molecule has 0 atom stereocenters. The summed E-state index contributed by atoms with van der Waals surface area (Å²) in [6, 6.07) is 3.58. The van der Waals surface area contributed by atoms with Gasteiger partial charge in [0.2, 0.25) is 0 Å². The van der Waals surface area contributed by atoms with Crippen molar-refractivity contribution in [3.05, 3.63) is 17.0 Å². The minimum Gasteiger partial charge on any atom is -0.319 e. The average molecular weight is 325 g/mol. The predicted molar refractivity (Wildman–Crippen MR) is 81.7 cm³/mol. The molecule has 19 heavy (non-hydrogen) atoms. The van der Waals surface area contributed by atoms with Gasteiger partial charge in [0.1, 0.15) is 4.21 Å². The van der Waals surface area contributed by atoms with E-state index < -0.39 is 10.0 Å². The molecule has 0 unspecified atom stereocenters. The van der Waals surface area contributed by atoms with Gasteiger partial charge in [-0.05, 0) is 51.4 Å². The van der Waals surface area contributed by atoms with E-state index in [9.17, 15) is 8.42 Å². The van der Waals surface area contributed by atoms with Crippen molar-refractivity contribution in [3.8, 4) is 0 Å². The van der Waals surface area contributed by atoms with Gasteiger partial charge < -0.3 is 5.32 Å². The molecule has 2 rings (SSSR count). The minimum atomic E-state index is -3.25. The number of halogens is 1. The molecule has 0 aliphatic carbocycles. The van der Waals surface area contributed by atoms with E-state index >= 15 is 0 Å². The number of nitrogens with zero attached hydrogens (tertiary/aromatic N) is 1. The Bertz CT molecular complexity index is 494. The van der Waals surface area contributed by atoms with Gasteiger partial charge in [0.05, 0.1) is 0 Å². The molecule has 1 aliphatic rings. The van der Waals surface area contributed by atoms with E-state index in [0.717, 1.165) is 24.3 Å². The van der Waals surface area contributed by atoms with E-state index in [-0.39, 0.29) is 12.4 Å². The molecule has 0 bridgehead atoms. The van der Waals surface area contributed by atoms with Crippen molar-refractivity contribution in [3.63, 3.8) is 0 Å². The maximum Gasteiger partial charge on any atom is 0.252 e. The highest BCUT2D eigenvalue weighted by Gasteiger charge is 2.29. The molecular weight excluding hydrogens is 304 g/mol. The van der Waals surface area contributed by atoms with Gasteiger partial charge in [0.25, 0.3) is 10.0 Å². The Morgan fingerprint density at radius 3 is 2.47 bits per heavy atom. The van der Waals surface area contributed by atoms with Crippen LogP contribution >= 0.6 is 23.7 Å². The van der Waals surface area contributed by atoms with Gasteiger partial charge in [-0.15, -0.1) is 23.7 Å². The molecule has 4 nitrogen and oxygen atoms in total. The smallest absolute Gasteiger partial charge is 0.252 e. The number of piperidine rings is 1. The predicted octanol–water partition coefficient (Wildman–Crippen LogP) is 2.10. The lowest BCUT2D eigenvalue weighted by atomic mass is 9.98. The SMILES string of the molecule is CNCC1CCN(S(=O)(=O)c2ccc(C)s2)CC1.Cl. The number of rotatable bonds is 4. The Kier molecular flexibility index (Phi) is 6.26. The van der Waals surface area contributed by atoms with Crippen molar-refractivity contribution >= 4 is 33.8 Å². The first-order chi connectivity index (χ1) is 8.54. The summed E-state index contributed by atoms with van der Waals surface area (Å²) in [4.78, 5) is 1.04. The molecule has 1 saturated heterocycles. The Hall–Kier alpha value is -0.140. The molecule has 1 aromatic rings. The van der Waals surface area contributed by atoms with Crippen LogP contribution in [0.3, 0.4) is 0 Å². The van der Waals surface area contributed by atoms with Crippen LogP contribution in [0.2, 0.25) is 0 Å². The molecule has 0 saturated carbocycles. The second kappa shape index (κ2) is 7.04. The normalized spacial score (nSPS) is 18.2. The summed E-state index contributed by atoms with van der Waals surface area (Å²) in [7, 11) is -1.31. The number of sulfonamides is 1. The molecule has 2 heterocycles. The van der Waals surface area contributed by atoms with Crippen LogP contribution in [0.1, 0.15) is 17.7 Å². The first kappa shape index (κ1) is 16.9. The van der Waals surface area contributed by atoms with Gasteiger partial charge in [-0.25, -0.2) is 8.42 Å². The zero-order chi connectivity index (χ0) is 13.2. The maximum absolute atomic E-state index is 12.4. The monoisotopic (exact) mass is 324 g/mol. The van der Waals surface area contributed by atoms with Crippen LogP contribution < -0.4 is 5.32 Å². The molecule has 1 N–H and O–H groups in total. The molecule has 7 heteroatoms. The molecular formula is C12H21ClN2O2S2. The van der Waals surface area contributed by atoms with Crippen LogP contribution in [-0.2, 0) is 10.0 Å². The Morgan fingerprint density at radius 1 is 1.37 bits per heavy atom. The fraction of sp³-hybridized carbons (Fsp3) is 0.667. The molecule has 0 spiro atoms. The van der Waals surface area contributed by atoms with E-state index in [2.05, 4.69) is 5.32 Å². The topological polar surface area (TPSA) is 49.4 Å². The molecule has 1 aromatic heterocycles. The minimum absolute atomic E-state index is 0. The van der Waals surface area contributed by atoms with Crippen molar-refractivity contribution < 1.29 is 8.42 Å². The highest BCUT2D eigenvalue weighted by atomic mass is 35.5. The Balaban J connectivity index is 0.00000180. The summed E-state index contributed by atoms with van der Waals surface area (Å²) >= 11 is 1.36. The summed E-state index contributed by atoms with van der Waals surface area (Å²) in [5.41, 5.74) is 0. The van der Waals surface area contributed by atoms with Crippen LogP contribution in [0, 0.1) is 12.8 Å². The summed E-state index contributed by atoms with van der Waals surface area (Å²) in [6.45, 7) is 4.20. The zero-order valence-electron chi connectivity index (χ0n) is 11.3. The number of aryl methyl sites for hydroxylation is 1. The standard InChI is InChI=1S/C12H20N2O2S2.ClH/c1-10-3-4-12(17-10)18(15,16)14-7-5-11(6-8-14)9-13-2;/h3-4,11,13H,5-9H2,1-2H3;1H. The van der Waals surface area contributed by atoms with E-state index in [1.165, 1.54) is 11.3 Å². The Labute approximate surface area is 125 Å². The summed E-state index contributed by atoms with van der Waals surface area (Å²) in [6.07, 6.45) is 1.90. The van der Waals surface area contributed by atoms with E-state index in [0.29, 0.717) is 23.2 Å². The lowest BCUT2D eigenvalue weighted by molar-refractivity contribution is 0.271. The van der Waals surface area contributed by atoms with Crippen LogP contribution in [0.5, 0.6) is 0 Å². The lowest BCUT2D eigenvalue weighted by Gasteiger charge is -2.30. The van der Waals surface area contributed by atoms with E-state index in [1.807, 2.05) is 20.0 Å². The van der Waals surface area contributed by atoms with Crippen molar-refractivity contribution in [2.45, 2.75) is 24.0 Å². The highest BCUT2D eigenvalue weighted by molar-refractivity contribution is 7.91. The van der Waals surface area contributed by atoms with E-state index in [1.54, 1.807) is 10.4 Å². The molecule has 0 aromatic carbocycles. The molecule has 1 fully saturated rings. The van der Waals surface area contributed by atoms with Crippen molar-refractivity contribution in [1.82, 2.24) is 9.62 Å². The first-order valence-electron chi connectivity index (χ1n) is 6.25.